The highest BCUT2D eigenvalue weighted by Gasteiger charge is 2.23. The SMILES string of the molecule is C/C=C/C(C)(C)C1=C(NC(C)CCC)CC=CC(C)=C1. The second kappa shape index (κ2) is 7.52. The minimum Gasteiger partial charge on any atom is -0.385 e. The van der Waals surface area contributed by atoms with Crippen LogP contribution in [0, 0.1) is 5.41 Å². The Balaban J connectivity index is 3.16. The number of allylic oxidation sites excluding steroid dienone is 7. The molecule has 0 bridgehead atoms. The molecule has 0 saturated heterocycles. The average Bonchev–Trinajstić information content (AvgIpc) is 2.52. The fourth-order valence-corrected chi connectivity index (χ4v) is 2.86. The average molecular weight is 273 g/mol. The largest absolute Gasteiger partial charge is 0.385 e. The molecule has 0 amide bonds. The van der Waals surface area contributed by atoms with Gasteiger partial charge >= 0.3 is 0 Å². The van der Waals surface area contributed by atoms with Crippen molar-refractivity contribution in [2.45, 2.75) is 66.8 Å². The van der Waals surface area contributed by atoms with Crippen molar-refractivity contribution in [3.05, 3.63) is 47.2 Å². The van der Waals surface area contributed by atoms with E-state index in [4.69, 9.17) is 0 Å². The van der Waals surface area contributed by atoms with E-state index in [0.29, 0.717) is 6.04 Å². The van der Waals surface area contributed by atoms with Crippen LogP contribution in [-0.2, 0) is 0 Å². The van der Waals surface area contributed by atoms with Gasteiger partial charge < -0.3 is 5.32 Å². The summed E-state index contributed by atoms with van der Waals surface area (Å²) in [6.07, 6.45) is 14.7. The molecule has 1 atom stereocenters. The normalized spacial score (nSPS) is 18.2. The van der Waals surface area contributed by atoms with E-state index in [1.54, 1.807) is 0 Å². The first-order valence-corrected chi connectivity index (χ1v) is 7.89. The third-order valence-corrected chi connectivity index (χ3v) is 3.82. The van der Waals surface area contributed by atoms with Crippen molar-refractivity contribution in [1.82, 2.24) is 5.32 Å². The minimum absolute atomic E-state index is 0.0658. The van der Waals surface area contributed by atoms with Crippen LogP contribution in [0.25, 0.3) is 0 Å². The predicted octanol–water partition coefficient (Wildman–Crippen LogP) is 5.53. The Bertz CT molecular complexity index is 433. The van der Waals surface area contributed by atoms with Crippen LogP contribution in [0.2, 0.25) is 0 Å². The topological polar surface area (TPSA) is 12.0 Å². The van der Waals surface area contributed by atoms with Crippen molar-refractivity contribution >= 4 is 0 Å². The van der Waals surface area contributed by atoms with Crippen LogP contribution in [0.15, 0.2) is 47.2 Å². The summed E-state index contributed by atoms with van der Waals surface area (Å²) in [6.45, 7) is 13.4. The van der Waals surface area contributed by atoms with Gasteiger partial charge in [-0.15, -0.1) is 0 Å². The van der Waals surface area contributed by atoms with Crippen molar-refractivity contribution in [2.75, 3.05) is 0 Å². The molecule has 0 heterocycles. The summed E-state index contributed by atoms with van der Waals surface area (Å²) in [5, 5.41) is 3.74. The molecular formula is C19H31N. The van der Waals surface area contributed by atoms with Crippen LogP contribution >= 0.6 is 0 Å². The summed E-state index contributed by atoms with van der Waals surface area (Å²) in [7, 11) is 0. The number of hydrogen-bond donors (Lipinski definition) is 1. The predicted molar refractivity (Wildman–Crippen MR) is 90.6 cm³/mol. The highest BCUT2D eigenvalue weighted by Crippen LogP contribution is 2.34. The molecule has 0 spiro atoms. The summed E-state index contributed by atoms with van der Waals surface area (Å²) in [4.78, 5) is 0. The Kier molecular flexibility index (Phi) is 6.32. The molecule has 0 aromatic rings. The van der Waals surface area contributed by atoms with Crippen molar-refractivity contribution in [1.29, 1.82) is 0 Å². The first-order valence-electron chi connectivity index (χ1n) is 7.89. The second-order valence-electron chi connectivity index (χ2n) is 6.44. The molecule has 0 fully saturated rings. The van der Waals surface area contributed by atoms with E-state index in [1.807, 2.05) is 0 Å². The summed E-state index contributed by atoms with van der Waals surface area (Å²) in [6, 6.07) is 0.534. The van der Waals surface area contributed by atoms with E-state index in [-0.39, 0.29) is 5.41 Å². The van der Waals surface area contributed by atoms with Gasteiger partial charge in [0, 0.05) is 23.6 Å². The number of nitrogens with one attached hydrogen (secondary N) is 1. The third kappa shape index (κ3) is 4.70. The second-order valence-corrected chi connectivity index (χ2v) is 6.44. The van der Waals surface area contributed by atoms with E-state index in [1.165, 1.54) is 29.7 Å². The van der Waals surface area contributed by atoms with E-state index in [9.17, 15) is 0 Å². The molecule has 0 aromatic heterocycles. The lowest BCUT2D eigenvalue weighted by Gasteiger charge is -2.28. The first-order chi connectivity index (χ1) is 9.40. The lowest BCUT2D eigenvalue weighted by atomic mass is 9.81. The summed E-state index contributed by atoms with van der Waals surface area (Å²) in [5.74, 6) is 0. The molecule has 0 radical (unpaired) electrons. The monoisotopic (exact) mass is 273 g/mol. The van der Waals surface area contributed by atoms with Crippen molar-refractivity contribution in [3.8, 4) is 0 Å². The maximum atomic E-state index is 3.74. The molecule has 1 heteroatoms. The van der Waals surface area contributed by atoms with Gasteiger partial charge in [-0.25, -0.2) is 0 Å². The molecule has 112 valence electrons. The van der Waals surface area contributed by atoms with Gasteiger partial charge in [-0.05, 0) is 32.8 Å². The van der Waals surface area contributed by atoms with Gasteiger partial charge in [-0.1, -0.05) is 63.1 Å². The molecular weight excluding hydrogens is 242 g/mol. The molecule has 1 aliphatic carbocycles. The number of hydrogen-bond acceptors (Lipinski definition) is 1. The van der Waals surface area contributed by atoms with Crippen LogP contribution < -0.4 is 5.32 Å². The van der Waals surface area contributed by atoms with Gasteiger partial charge in [0.1, 0.15) is 0 Å². The van der Waals surface area contributed by atoms with Crippen LogP contribution in [0.1, 0.15) is 60.8 Å². The Morgan fingerprint density at radius 3 is 2.70 bits per heavy atom. The molecule has 0 aromatic carbocycles. The highest BCUT2D eigenvalue weighted by molar-refractivity contribution is 5.42. The van der Waals surface area contributed by atoms with E-state index < -0.39 is 0 Å². The van der Waals surface area contributed by atoms with Gasteiger partial charge in [0.15, 0.2) is 0 Å². The first kappa shape index (κ1) is 16.8. The lowest BCUT2D eigenvalue weighted by molar-refractivity contribution is 0.526. The van der Waals surface area contributed by atoms with Crippen LogP contribution in [-0.4, -0.2) is 6.04 Å². The zero-order chi connectivity index (χ0) is 15.2. The Morgan fingerprint density at radius 1 is 1.40 bits per heavy atom. The van der Waals surface area contributed by atoms with Gasteiger partial charge in [-0.2, -0.15) is 0 Å². The standard InChI is InChI=1S/C19H31N/c1-7-10-16(4)20-18-12-9-11-15(3)14-17(18)19(5,6)13-8-2/h8-9,11,13-14,16,20H,7,10,12H2,1-6H3/b13-8+. The molecule has 20 heavy (non-hydrogen) atoms. The maximum absolute atomic E-state index is 3.74. The van der Waals surface area contributed by atoms with Crippen molar-refractivity contribution < 1.29 is 0 Å². The molecule has 1 aliphatic rings. The Labute approximate surface area is 125 Å². The van der Waals surface area contributed by atoms with E-state index >= 15 is 0 Å². The Hall–Kier alpha value is -1.24. The summed E-state index contributed by atoms with van der Waals surface area (Å²) >= 11 is 0. The molecule has 1 nitrogen and oxygen atoms in total. The van der Waals surface area contributed by atoms with Gasteiger partial charge in [-0.3, -0.25) is 0 Å². The van der Waals surface area contributed by atoms with E-state index in [2.05, 4.69) is 77.2 Å². The smallest absolute Gasteiger partial charge is 0.0230 e. The van der Waals surface area contributed by atoms with Gasteiger partial charge in [0.05, 0.1) is 0 Å². The maximum Gasteiger partial charge on any atom is 0.0230 e. The molecule has 1 rings (SSSR count). The minimum atomic E-state index is 0.0658. The lowest BCUT2D eigenvalue weighted by Crippen LogP contribution is -2.28. The molecule has 0 aliphatic heterocycles. The fourth-order valence-electron chi connectivity index (χ4n) is 2.86. The quantitative estimate of drug-likeness (QED) is 0.628. The van der Waals surface area contributed by atoms with Crippen LogP contribution in [0.4, 0.5) is 0 Å². The number of rotatable bonds is 6. The van der Waals surface area contributed by atoms with Gasteiger partial charge in [0.25, 0.3) is 0 Å². The summed E-state index contributed by atoms with van der Waals surface area (Å²) < 4.78 is 0. The third-order valence-electron chi connectivity index (χ3n) is 3.82. The van der Waals surface area contributed by atoms with Gasteiger partial charge in [0.2, 0.25) is 0 Å². The molecule has 1 N–H and O–H groups in total. The zero-order valence-electron chi connectivity index (χ0n) is 14.1. The van der Waals surface area contributed by atoms with Crippen molar-refractivity contribution in [3.63, 3.8) is 0 Å². The van der Waals surface area contributed by atoms with Crippen LogP contribution in [0.5, 0.6) is 0 Å². The summed E-state index contributed by atoms with van der Waals surface area (Å²) in [5.41, 5.74) is 4.19. The van der Waals surface area contributed by atoms with E-state index in [0.717, 1.165) is 6.42 Å². The highest BCUT2D eigenvalue weighted by atomic mass is 14.9. The van der Waals surface area contributed by atoms with Crippen LogP contribution in [0.3, 0.4) is 0 Å². The fraction of sp³-hybridized carbons (Fsp3) is 0.579. The van der Waals surface area contributed by atoms with Crippen molar-refractivity contribution in [2.24, 2.45) is 5.41 Å². The zero-order valence-corrected chi connectivity index (χ0v) is 14.1. The molecule has 1 unspecified atom stereocenters. The Morgan fingerprint density at radius 2 is 2.10 bits per heavy atom. The molecule has 0 saturated carbocycles.